The van der Waals surface area contributed by atoms with E-state index >= 15 is 0 Å². The lowest BCUT2D eigenvalue weighted by molar-refractivity contribution is 0.0279. The molecule has 1 saturated carbocycles. The Morgan fingerprint density at radius 3 is 2.46 bits per heavy atom. The molecule has 0 bridgehead atoms. The molecule has 1 unspecified atom stereocenters. The second-order valence-corrected chi connectivity index (χ2v) is 7.51. The number of rotatable bonds is 7. The Kier molecular flexibility index (Phi) is 10.7. The number of nitrogens with one attached hydrogen (secondary N) is 2. The average Bonchev–Trinajstić information content (AvgIpc) is 3.24. The van der Waals surface area contributed by atoms with E-state index in [4.69, 9.17) is 4.74 Å². The van der Waals surface area contributed by atoms with Crippen LogP contribution in [0, 0.1) is 11.8 Å². The van der Waals surface area contributed by atoms with Crippen LogP contribution in [-0.4, -0.2) is 55.8 Å². The van der Waals surface area contributed by atoms with Crippen molar-refractivity contribution in [1.29, 1.82) is 0 Å². The van der Waals surface area contributed by atoms with Crippen LogP contribution in [0.5, 0.6) is 0 Å². The van der Waals surface area contributed by atoms with E-state index in [0.717, 1.165) is 25.0 Å². The van der Waals surface area contributed by atoms with E-state index in [1.165, 1.54) is 12.8 Å². The zero-order valence-corrected chi connectivity index (χ0v) is 18.3. The first kappa shape index (κ1) is 23.3. The van der Waals surface area contributed by atoms with Gasteiger partial charge < -0.3 is 20.3 Å². The predicted octanol–water partition coefficient (Wildman–Crippen LogP) is 3.07. The van der Waals surface area contributed by atoms with Gasteiger partial charge in [-0.25, -0.2) is 4.79 Å². The van der Waals surface area contributed by atoms with E-state index < -0.39 is 5.60 Å². The maximum absolute atomic E-state index is 12.0. The molecular formula is C17H35IN4O2. The van der Waals surface area contributed by atoms with E-state index in [2.05, 4.69) is 29.5 Å². The number of hydrogen-bond acceptors (Lipinski definition) is 3. The summed E-state index contributed by atoms with van der Waals surface area (Å²) in [6, 6.07) is 0. The Bertz CT molecular complexity index is 406. The Labute approximate surface area is 164 Å². The first-order chi connectivity index (χ1) is 10.7. The van der Waals surface area contributed by atoms with E-state index in [0.29, 0.717) is 13.1 Å². The maximum atomic E-state index is 12.0. The van der Waals surface area contributed by atoms with Gasteiger partial charge in [0.2, 0.25) is 0 Å². The summed E-state index contributed by atoms with van der Waals surface area (Å²) in [5.41, 5.74) is -0.461. The van der Waals surface area contributed by atoms with E-state index in [-0.39, 0.29) is 36.0 Å². The Hall–Kier alpha value is -0.730. The van der Waals surface area contributed by atoms with Gasteiger partial charge >= 0.3 is 6.09 Å². The third-order valence-electron chi connectivity index (χ3n) is 3.45. The third kappa shape index (κ3) is 10.9. The molecule has 24 heavy (non-hydrogen) atoms. The molecule has 0 saturated heterocycles. The highest BCUT2D eigenvalue weighted by Crippen LogP contribution is 2.27. The molecule has 1 fully saturated rings. The molecule has 0 aromatic rings. The van der Waals surface area contributed by atoms with Crippen molar-refractivity contribution in [3.05, 3.63) is 0 Å². The van der Waals surface area contributed by atoms with Crippen LogP contribution in [0.4, 0.5) is 4.79 Å². The number of carbonyl (C=O) groups is 1. The summed E-state index contributed by atoms with van der Waals surface area (Å²) in [6.07, 6.45) is 2.36. The quantitative estimate of drug-likeness (QED) is 0.353. The topological polar surface area (TPSA) is 66.0 Å². The highest BCUT2D eigenvalue weighted by Gasteiger charge is 2.22. The molecule has 1 amide bonds. The molecule has 1 aliphatic carbocycles. The van der Waals surface area contributed by atoms with Crippen LogP contribution in [0.2, 0.25) is 0 Å². The van der Waals surface area contributed by atoms with Gasteiger partial charge in [0.1, 0.15) is 5.60 Å². The Morgan fingerprint density at radius 1 is 1.33 bits per heavy atom. The molecule has 7 heteroatoms. The van der Waals surface area contributed by atoms with Gasteiger partial charge in [-0.05, 0) is 52.4 Å². The molecule has 0 aromatic carbocycles. The molecule has 1 atom stereocenters. The van der Waals surface area contributed by atoms with E-state index in [1.54, 1.807) is 11.9 Å². The molecule has 6 nitrogen and oxygen atoms in total. The largest absolute Gasteiger partial charge is 0.444 e. The zero-order valence-electron chi connectivity index (χ0n) is 16.0. The number of guanidine groups is 1. The molecule has 0 aromatic heterocycles. The lowest BCUT2D eigenvalue weighted by atomic mass is 10.2. The summed E-state index contributed by atoms with van der Waals surface area (Å²) in [7, 11) is 1.77. The smallest absolute Gasteiger partial charge is 0.410 e. The zero-order chi connectivity index (χ0) is 17.5. The second kappa shape index (κ2) is 11.0. The lowest BCUT2D eigenvalue weighted by Crippen LogP contribution is -2.39. The number of ether oxygens (including phenoxy) is 1. The van der Waals surface area contributed by atoms with E-state index in [9.17, 15) is 4.79 Å². The fourth-order valence-electron chi connectivity index (χ4n) is 2.09. The molecule has 1 aliphatic rings. The van der Waals surface area contributed by atoms with Gasteiger partial charge in [-0.1, -0.05) is 6.92 Å². The molecule has 2 N–H and O–H groups in total. The number of carbonyl (C=O) groups excluding carboxylic acids is 1. The van der Waals surface area contributed by atoms with Crippen molar-refractivity contribution >= 4 is 36.0 Å². The summed E-state index contributed by atoms with van der Waals surface area (Å²) >= 11 is 0. The monoisotopic (exact) mass is 454 g/mol. The number of aliphatic imine (C=N–C) groups is 1. The Balaban J connectivity index is 0.00000529. The first-order valence-electron chi connectivity index (χ1n) is 8.67. The van der Waals surface area contributed by atoms with Gasteiger partial charge in [0.25, 0.3) is 0 Å². The van der Waals surface area contributed by atoms with Gasteiger partial charge in [-0.3, -0.25) is 4.99 Å². The lowest BCUT2D eigenvalue weighted by Gasteiger charge is -2.26. The molecule has 0 radical (unpaired) electrons. The summed E-state index contributed by atoms with van der Waals surface area (Å²) in [4.78, 5) is 18.2. The van der Waals surface area contributed by atoms with Gasteiger partial charge in [-0.15, -0.1) is 24.0 Å². The number of hydrogen-bond donors (Lipinski definition) is 2. The average molecular weight is 454 g/mol. The fourth-order valence-corrected chi connectivity index (χ4v) is 2.09. The van der Waals surface area contributed by atoms with Crippen molar-refractivity contribution in [3.63, 3.8) is 0 Å². The SMILES string of the molecule is CCNC(=NCC(C)CN(C)C(=O)OC(C)(C)C)NCC1CC1.I. The fraction of sp³-hybridized carbons (Fsp3) is 0.882. The van der Waals surface area contributed by atoms with Crippen LogP contribution in [0.15, 0.2) is 4.99 Å². The van der Waals surface area contributed by atoms with Crippen LogP contribution in [0.25, 0.3) is 0 Å². The maximum Gasteiger partial charge on any atom is 0.410 e. The van der Waals surface area contributed by atoms with Crippen LogP contribution in [-0.2, 0) is 4.74 Å². The predicted molar refractivity (Wildman–Crippen MR) is 110 cm³/mol. The van der Waals surface area contributed by atoms with Crippen molar-refractivity contribution < 1.29 is 9.53 Å². The number of halogens is 1. The number of amides is 1. The highest BCUT2D eigenvalue weighted by molar-refractivity contribution is 14.0. The Morgan fingerprint density at radius 2 is 1.96 bits per heavy atom. The van der Waals surface area contributed by atoms with Gasteiger partial charge in [-0.2, -0.15) is 0 Å². The van der Waals surface area contributed by atoms with Crippen molar-refractivity contribution in [2.24, 2.45) is 16.8 Å². The summed E-state index contributed by atoms with van der Waals surface area (Å²) in [5.74, 6) is 1.95. The van der Waals surface area contributed by atoms with E-state index in [1.807, 2.05) is 20.8 Å². The van der Waals surface area contributed by atoms with Crippen molar-refractivity contribution in [2.75, 3.05) is 33.2 Å². The minimum absolute atomic E-state index is 0. The summed E-state index contributed by atoms with van der Waals surface area (Å²) in [5, 5.41) is 6.64. The van der Waals surface area contributed by atoms with Gasteiger partial charge in [0, 0.05) is 33.2 Å². The van der Waals surface area contributed by atoms with Gasteiger partial charge in [0.05, 0.1) is 0 Å². The minimum Gasteiger partial charge on any atom is -0.444 e. The molecule has 1 rings (SSSR count). The van der Waals surface area contributed by atoms with Crippen LogP contribution in [0.3, 0.4) is 0 Å². The van der Waals surface area contributed by atoms with Crippen molar-refractivity contribution in [2.45, 2.75) is 53.1 Å². The molecule has 142 valence electrons. The normalized spacial score (nSPS) is 16.0. The minimum atomic E-state index is -0.461. The molecule has 0 spiro atoms. The first-order valence-corrected chi connectivity index (χ1v) is 8.67. The second-order valence-electron chi connectivity index (χ2n) is 7.51. The van der Waals surface area contributed by atoms with Crippen LogP contribution in [0.1, 0.15) is 47.5 Å². The number of nitrogens with zero attached hydrogens (tertiary/aromatic N) is 2. The van der Waals surface area contributed by atoms with Crippen molar-refractivity contribution in [1.82, 2.24) is 15.5 Å². The van der Waals surface area contributed by atoms with Crippen molar-refractivity contribution in [3.8, 4) is 0 Å². The standard InChI is InChI=1S/C17H34N4O2.HI/c1-7-18-15(20-11-14-8-9-14)19-10-13(2)12-21(6)16(22)23-17(3,4)5;/h13-14H,7-12H2,1-6H3,(H2,18,19,20);1H. The highest BCUT2D eigenvalue weighted by atomic mass is 127. The molecule has 0 heterocycles. The summed E-state index contributed by atoms with van der Waals surface area (Å²) < 4.78 is 5.36. The van der Waals surface area contributed by atoms with Crippen LogP contribution < -0.4 is 10.6 Å². The third-order valence-corrected chi connectivity index (χ3v) is 3.45. The molecule has 0 aliphatic heterocycles. The van der Waals surface area contributed by atoms with Crippen LogP contribution >= 0.6 is 24.0 Å². The van der Waals surface area contributed by atoms with Gasteiger partial charge in [0.15, 0.2) is 5.96 Å². The molecular weight excluding hydrogens is 419 g/mol. The summed E-state index contributed by atoms with van der Waals surface area (Å²) in [6.45, 7) is 12.9.